The van der Waals surface area contributed by atoms with E-state index in [0.717, 1.165) is 6.42 Å². The average Bonchev–Trinajstić information content (AvgIpc) is 1.95. The maximum absolute atomic E-state index is 4.19. The molecule has 0 fully saturated rings. The van der Waals surface area contributed by atoms with Gasteiger partial charge in [-0.2, -0.15) is 0 Å². The summed E-state index contributed by atoms with van der Waals surface area (Å²) < 4.78 is 0.713. The monoisotopic (exact) mass is 498 g/mol. The lowest BCUT2D eigenvalue weighted by atomic mass is 9.97. The van der Waals surface area contributed by atoms with Gasteiger partial charge in [-0.1, -0.05) is 101 Å². The van der Waals surface area contributed by atoms with Crippen LogP contribution in [0.2, 0.25) is 0 Å². The summed E-state index contributed by atoms with van der Waals surface area (Å²) in [6.45, 7) is 13.2. The van der Waals surface area contributed by atoms with E-state index in [0.29, 0.717) is 11.7 Å². The first kappa shape index (κ1) is 16.7. The van der Waals surface area contributed by atoms with Crippen molar-refractivity contribution in [3.8, 4) is 0 Å². The largest absolute Gasteiger partial charge is 0.0987 e. The Hall–Kier alpha value is 1.68. The summed E-state index contributed by atoms with van der Waals surface area (Å²) in [6.07, 6.45) is 3.50. The topological polar surface area (TPSA) is 0 Å². The Balaban J connectivity index is 4.01. The van der Waals surface area contributed by atoms with Gasteiger partial charge in [0.25, 0.3) is 0 Å². The van der Waals surface area contributed by atoms with Crippen LogP contribution >= 0.6 is 61.1 Å². The number of hydrogen-bond acceptors (Lipinski definition) is 0. The predicted molar refractivity (Wildman–Crippen MR) is 91.9 cm³/mol. The third-order valence-corrected chi connectivity index (χ3v) is 4.11. The maximum atomic E-state index is 4.19. The molecule has 0 aliphatic rings. The maximum Gasteiger partial charge on any atom is 0.0353 e. The highest BCUT2D eigenvalue weighted by Crippen LogP contribution is 2.32. The summed E-state index contributed by atoms with van der Waals surface area (Å²) in [5.74, 6) is 0. The molecule has 0 spiro atoms. The highest BCUT2D eigenvalue weighted by molar-refractivity contribution is 14.1. The summed E-state index contributed by atoms with van der Waals surface area (Å²) >= 11 is 8.74. The van der Waals surface area contributed by atoms with Crippen LogP contribution in [-0.2, 0) is 0 Å². The summed E-state index contributed by atoms with van der Waals surface area (Å²) in [5.41, 5.74) is 1.33. The van der Waals surface area contributed by atoms with Gasteiger partial charge in [-0.15, -0.1) is 0 Å². The molecule has 0 rings (SSSR count). The first-order chi connectivity index (χ1) is 6.51. The molecule has 1 unspecified atom stereocenters. The van der Waals surface area contributed by atoms with Gasteiger partial charge in [-0.3, -0.25) is 0 Å². The quantitative estimate of drug-likeness (QED) is 0.243. The van der Waals surface area contributed by atoms with Crippen LogP contribution in [-0.4, -0.2) is 11.7 Å². The van der Waals surface area contributed by atoms with Crippen LogP contribution in [0.5, 0.6) is 0 Å². The second-order valence-corrected chi connectivity index (χ2v) is 12.2. The van der Waals surface area contributed by atoms with Crippen molar-refractivity contribution < 1.29 is 0 Å². The zero-order valence-electron chi connectivity index (χ0n) is 10.0. The summed E-state index contributed by atoms with van der Waals surface area (Å²) in [4.78, 5) is 0.473. The molecule has 0 bridgehead atoms. The van der Waals surface area contributed by atoms with Crippen molar-refractivity contribution in [1.82, 2.24) is 0 Å². The van der Waals surface area contributed by atoms with Crippen molar-refractivity contribution in [2.45, 2.75) is 58.6 Å². The van der Waals surface area contributed by atoms with Gasteiger partial charge in [0.2, 0.25) is 0 Å². The first-order valence-electron chi connectivity index (χ1n) is 5.21. The lowest BCUT2D eigenvalue weighted by Gasteiger charge is -2.23. The molecule has 3 heteroatoms. The molecule has 1 atom stereocenters. The molecular formula is C12H21BrI2. The van der Waals surface area contributed by atoms with Gasteiger partial charge in [0.1, 0.15) is 0 Å². The van der Waals surface area contributed by atoms with E-state index in [1.165, 1.54) is 18.4 Å². The van der Waals surface area contributed by atoms with Crippen LogP contribution in [0.25, 0.3) is 0 Å². The van der Waals surface area contributed by atoms with Crippen LogP contribution in [0, 0.1) is 0 Å². The lowest BCUT2D eigenvalue weighted by molar-refractivity contribution is 0.617. The Morgan fingerprint density at radius 2 is 1.67 bits per heavy atom. The molecule has 0 amide bonds. The van der Waals surface area contributed by atoms with E-state index in [1.54, 1.807) is 0 Å². The fourth-order valence-electron chi connectivity index (χ4n) is 1.32. The van der Waals surface area contributed by atoms with E-state index in [1.807, 2.05) is 0 Å². The minimum absolute atomic E-state index is 0.320. The van der Waals surface area contributed by atoms with E-state index in [-0.39, 0.29) is 0 Å². The van der Waals surface area contributed by atoms with E-state index in [4.69, 9.17) is 0 Å². The van der Waals surface area contributed by atoms with Crippen molar-refractivity contribution in [1.29, 1.82) is 0 Å². The highest BCUT2D eigenvalue weighted by atomic mass is 127. The SMILES string of the molecule is C=C(CC(C)(C)I)C(Br)CCC(C)(C)I. The Morgan fingerprint density at radius 3 is 2.00 bits per heavy atom. The Bertz CT molecular complexity index is 211. The molecular weight excluding hydrogens is 478 g/mol. The van der Waals surface area contributed by atoms with E-state index in [2.05, 4.69) is 95.4 Å². The zero-order chi connectivity index (χ0) is 12.3. The molecule has 0 aromatic rings. The lowest BCUT2D eigenvalue weighted by Crippen LogP contribution is -2.17. The minimum Gasteiger partial charge on any atom is -0.0987 e. The average molecular weight is 499 g/mol. The molecule has 90 valence electrons. The second-order valence-electron chi connectivity index (χ2n) is 5.28. The third kappa shape index (κ3) is 10.5. The van der Waals surface area contributed by atoms with E-state index < -0.39 is 0 Å². The molecule has 0 N–H and O–H groups in total. The van der Waals surface area contributed by atoms with Crippen LogP contribution in [0.3, 0.4) is 0 Å². The second kappa shape index (κ2) is 6.57. The van der Waals surface area contributed by atoms with Gasteiger partial charge in [0.15, 0.2) is 0 Å². The van der Waals surface area contributed by atoms with Crippen molar-refractivity contribution >= 4 is 61.1 Å². The molecule has 0 saturated carbocycles. The molecule has 15 heavy (non-hydrogen) atoms. The van der Waals surface area contributed by atoms with Gasteiger partial charge in [-0.25, -0.2) is 0 Å². The molecule has 0 radical (unpaired) electrons. The zero-order valence-corrected chi connectivity index (χ0v) is 15.9. The predicted octanol–water partition coefficient (Wildman–Crippen LogP) is 5.90. The molecule has 0 aromatic carbocycles. The molecule has 0 saturated heterocycles. The van der Waals surface area contributed by atoms with Gasteiger partial charge in [-0.05, 0) is 19.3 Å². The van der Waals surface area contributed by atoms with Gasteiger partial charge >= 0.3 is 0 Å². The van der Waals surface area contributed by atoms with Crippen LogP contribution in [0.1, 0.15) is 47.0 Å². The van der Waals surface area contributed by atoms with Crippen LogP contribution in [0.15, 0.2) is 12.2 Å². The number of rotatable bonds is 6. The minimum atomic E-state index is 0.320. The number of hydrogen-bond donors (Lipinski definition) is 0. The summed E-state index contributed by atoms with van der Waals surface area (Å²) in [7, 11) is 0. The molecule has 0 aromatic heterocycles. The number of allylic oxidation sites excluding steroid dienone is 1. The molecule has 0 aliphatic carbocycles. The Kier molecular flexibility index (Phi) is 7.30. The summed E-state index contributed by atoms with van der Waals surface area (Å²) in [6, 6.07) is 0. The fraction of sp³-hybridized carbons (Fsp3) is 0.833. The van der Waals surface area contributed by atoms with E-state index in [9.17, 15) is 0 Å². The molecule has 0 aliphatic heterocycles. The van der Waals surface area contributed by atoms with Crippen LogP contribution in [0.4, 0.5) is 0 Å². The van der Waals surface area contributed by atoms with Crippen molar-refractivity contribution in [3.05, 3.63) is 12.2 Å². The van der Waals surface area contributed by atoms with Gasteiger partial charge in [0, 0.05) is 11.7 Å². The molecule has 0 nitrogen and oxygen atoms in total. The first-order valence-corrected chi connectivity index (χ1v) is 8.28. The summed E-state index contributed by atoms with van der Waals surface area (Å²) in [5, 5.41) is 0. The number of alkyl halides is 3. The normalized spacial score (nSPS) is 15.1. The standard InChI is InChI=1S/C12H21BrI2/c1-9(8-12(4,5)15)10(13)6-7-11(2,3)14/h10H,1,6-8H2,2-5H3. The number of halogens is 3. The fourth-order valence-corrected chi connectivity index (χ4v) is 2.52. The smallest absolute Gasteiger partial charge is 0.0353 e. The van der Waals surface area contributed by atoms with Crippen molar-refractivity contribution in [2.24, 2.45) is 0 Å². The molecule has 0 heterocycles. The van der Waals surface area contributed by atoms with Gasteiger partial charge in [0.05, 0.1) is 0 Å². The third-order valence-electron chi connectivity index (χ3n) is 2.08. The van der Waals surface area contributed by atoms with Gasteiger partial charge < -0.3 is 0 Å². The van der Waals surface area contributed by atoms with Crippen molar-refractivity contribution in [2.75, 3.05) is 0 Å². The van der Waals surface area contributed by atoms with Crippen LogP contribution < -0.4 is 0 Å². The Labute approximate surface area is 130 Å². The van der Waals surface area contributed by atoms with Crippen molar-refractivity contribution in [3.63, 3.8) is 0 Å². The van der Waals surface area contributed by atoms with E-state index >= 15 is 0 Å². The highest BCUT2D eigenvalue weighted by Gasteiger charge is 2.20. The Morgan fingerprint density at radius 1 is 1.20 bits per heavy atom.